The van der Waals surface area contributed by atoms with Crippen LogP contribution in [0.2, 0.25) is 0 Å². The first kappa shape index (κ1) is 20.0. The number of thioether (sulfide) groups is 1. The van der Waals surface area contributed by atoms with Gasteiger partial charge in [0.2, 0.25) is 0 Å². The Morgan fingerprint density at radius 2 is 1.73 bits per heavy atom. The number of ether oxygens (including phenoxy) is 1. The summed E-state index contributed by atoms with van der Waals surface area (Å²) in [5.41, 5.74) is 5.29. The van der Waals surface area contributed by atoms with Crippen LogP contribution in [0.15, 0.2) is 82.7 Å². The Morgan fingerprint density at radius 1 is 0.967 bits per heavy atom. The van der Waals surface area contributed by atoms with Gasteiger partial charge in [0, 0.05) is 0 Å². The summed E-state index contributed by atoms with van der Waals surface area (Å²) in [6.07, 6.45) is 1.86. The molecule has 3 aromatic rings. The van der Waals surface area contributed by atoms with Crippen molar-refractivity contribution in [2.24, 2.45) is 4.99 Å². The molecule has 0 bridgehead atoms. The number of nitrogens with zero attached hydrogens (tertiary/aromatic N) is 1. The van der Waals surface area contributed by atoms with Gasteiger partial charge in [-0.3, -0.25) is 4.79 Å². The molecule has 1 aliphatic heterocycles. The number of carbonyl (C=O) groups is 1. The molecule has 30 heavy (non-hydrogen) atoms. The zero-order chi connectivity index (χ0) is 20.9. The lowest BCUT2D eigenvalue weighted by Crippen LogP contribution is -2.19. The maximum Gasteiger partial charge on any atom is 0.264 e. The standard InChI is InChI=1S/C25H22N2O2S/c1-17-6-10-21(11-7-17)26-25-27-24(28)23(30-25)15-19-8-12-22(13-9-19)29-16-20-5-3-4-18(2)14-20/h3-15H,16H2,1-2H3,(H,26,27,28). The second-order valence-corrected chi connectivity index (χ2v) is 8.19. The highest BCUT2D eigenvalue weighted by molar-refractivity contribution is 8.18. The maximum absolute atomic E-state index is 12.3. The fourth-order valence-electron chi connectivity index (χ4n) is 3.00. The Hall–Kier alpha value is -3.31. The van der Waals surface area contributed by atoms with E-state index in [0.717, 1.165) is 22.6 Å². The van der Waals surface area contributed by atoms with E-state index in [1.807, 2.05) is 67.6 Å². The zero-order valence-electron chi connectivity index (χ0n) is 16.9. The first-order valence-electron chi connectivity index (χ1n) is 9.70. The quantitative estimate of drug-likeness (QED) is 0.539. The molecule has 1 amide bonds. The third-order valence-electron chi connectivity index (χ3n) is 4.58. The molecule has 0 spiro atoms. The van der Waals surface area contributed by atoms with Gasteiger partial charge in [0.05, 0.1) is 10.6 Å². The molecule has 4 rings (SSSR count). The SMILES string of the molecule is Cc1ccc(N=C2NC(=O)C(=Cc3ccc(OCc4cccc(C)c4)cc3)S2)cc1. The average Bonchev–Trinajstić information content (AvgIpc) is 3.08. The molecule has 150 valence electrons. The molecule has 0 aliphatic carbocycles. The number of rotatable bonds is 5. The third-order valence-corrected chi connectivity index (χ3v) is 5.49. The molecule has 0 aromatic heterocycles. The zero-order valence-corrected chi connectivity index (χ0v) is 17.7. The van der Waals surface area contributed by atoms with E-state index >= 15 is 0 Å². The molecule has 3 aromatic carbocycles. The fraction of sp³-hybridized carbons (Fsp3) is 0.120. The normalized spacial score (nSPS) is 16.1. The molecular formula is C25H22N2O2S. The number of benzene rings is 3. The van der Waals surface area contributed by atoms with E-state index in [9.17, 15) is 4.79 Å². The molecule has 1 N–H and O–H groups in total. The van der Waals surface area contributed by atoms with Crippen LogP contribution in [0, 0.1) is 13.8 Å². The number of hydrogen-bond acceptors (Lipinski definition) is 4. The van der Waals surface area contributed by atoms with Gasteiger partial charge in [-0.25, -0.2) is 4.99 Å². The van der Waals surface area contributed by atoms with Crippen LogP contribution in [0.25, 0.3) is 6.08 Å². The predicted molar refractivity (Wildman–Crippen MR) is 124 cm³/mol. The Balaban J connectivity index is 1.40. The molecule has 0 atom stereocenters. The molecular weight excluding hydrogens is 392 g/mol. The number of aliphatic imine (C=N–C) groups is 1. The van der Waals surface area contributed by atoms with E-state index in [0.29, 0.717) is 16.7 Å². The van der Waals surface area contributed by atoms with E-state index in [2.05, 4.69) is 35.4 Å². The van der Waals surface area contributed by atoms with E-state index in [-0.39, 0.29) is 5.91 Å². The van der Waals surface area contributed by atoms with Crippen LogP contribution in [-0.4, -0.2) is 11.1 Å². The molecule has 1 fully saturated rings. The highest BCUT2D eigenvalue weighted by Gasteiger charge is 2.23. The summed E-state index contributed by atoms with van der Waals surface area (Å²) in [5.74, 6) is 0.662. The fourth-order valence-corrected chi connectivity index (χ4v) is 3.84. The van der Waals surface area contributed by atoms with Crippen molar-refractivity contribution in [3.8, 4) is 5.75 Å². The van der Waals surface area contributed by atoms with Crippen molar-refractivity contribution < 1.29 is 9.53 Å². The number of amidine groups is 1. The van der Waals surface area contributed by atoms with Crippen molar-refractivity contribution in [1.82, 2.24) is 5.32 Å². The second-order valence-electron chi connectivity index (χ2n) is 7.16. The highest BCUT2D eigenvalue weighted by Crippen LogP contribution is 2.28. The van der Waals surface area contributed by atoms with Crippen LogP contribution in [0.5, 0.6) is 5.75 Å². The van der Waals surface area contributed by atoms with Crippen LogP contribution >= 0.6 is 11.8 Å². The number of nitrogens with one attached hydrogen (secondary N) is 1. The highest BCUT2D eigenvalue weighted by atomic mass is 32.2. The molecule has 1 heterocycles. The van der Waals surface area contributed by atoms with Crippen molar-refractivity contribution in [3.63, 3.8) is 0 Å². The van der Waals surface area contributed by atoms with Crippen LogP contribution in [0.3, 0.4) is 0 Å². The number of hydrogen-bond donors (Lipinski definition) is 1. The first-order valence-corrected chi connectivity index (χ1v) is 10.5. The molecule has 5 heteroatoms. The lowest BCUT2D eigenvalue weighted by molar-refractivity contribution is -0.115. The average molecular weight is 415 g/mol. The van der Waals surface area contributed by atoms with Gasteiger partial charge >= 0.3 is 0 Å². The molecule has 1 aliphatic rings. The van der Waals surface area contributed by atoms with Gasteiger partial charge in [-0.05, 0) is 67.1 Å². The summed E-state index contributed by atoms with van der Waals surface area (Å²) >= 11 is 1.34. The minimum Gasteiger partial charge on any atom is -0.489 e. The minimum absolute atomic E-state index is 0.134. The van der Waals surface area contributed by atoms with E-state index in [4.69, 9.17) is 4.74 Å². The number of carbonyl (C=O) groups excluding carboxylic acids is 1. The van der Waals surface area contributed by atoms with Gasteiger partial charge < -0.3 is 10.1 Å². The Kier molecular flexibility index (Phi) is 6.00. The maximum atomic E-state index is 12.3. The largest absolute Gasteiger partial charge is 0.489 e. The van der Waals surface area contributed by atoms with Crippen molar-refractivity contribution in [1.29, 1.82) is 0 Å². The summed E-state index contributed by atoms with van der Waals surface area (Å²) in [4.78, 5) is 17.4. The van der Waals surface area contributed by atoms with Gasteiger partial charge in [-0.15, -0.1) is 0 Å². The van der Waals surface area contributed by atoms with Gasteiger partial charge in [-0.1, -0.05) is 59.7 Å². The molecule has 0 radical (unpaired) electrons. The van der Waals surface area contributed by atoms with Crippen LogP contribution in [0.4, 0.5) is 5.69 Å². The van der Waals surface area contributed by atoms with Gasteiger partial charge in [0.25, 0.3) is 5.91 Å². The second kappa shape index (κ2) is 9.01. The van der Waals surface area contributed by atoms with Crippen molar-refractivity contribution in [2.75, 3.05) is 0 Å². The van der Waals surface area contributed by atoms with Gasteiger partial charge in [0.15, 0.2) is 5.17 Å². The lowest BCUT2D eigenvalue weighted by Gasteiger charge is -2.07. The minimum atomic E-state index is -0.134. The van der Waals surface area contributed by atoms with E-state index in [1.54, 1.807) is 0 Å². The summed E-state index contributed by atoms with van der Waals surface area (Å²) in [7, 11) is 0. The van der Waals surface area contributed by atoms with Crippen molar-refractivity contribution in [2.45, 2.75) is 20.5 Å². The Labute approximate surface area is 180 Å². The Morgan fingerprint density at radius 3 is 2.47 bits per heavy atom. The monoisotopic (exact) mass is 414 g/mol. The van der Waals surface area contributed by atoms with E-state index < -0.39 is 0 Å². The summed E-state index contributed by atoms with van der Waals surface area (Å²) in [6.45, 7) is 4.63. The van der Waals surface area contributed by atoms with Crippen molar-refractivity contribution in [3.05, 3.63) is 100.0 Å². The third kappa shape index (κ3) is 5.19. The summed E-state index contributed by atoms with van der Waals surface area (Å²) in [6, 6.07) is 23.9. The van der Waals surface area contributed by atoms with Crippen molar-refractivity contribution >= 4 is 34.6 Å². The first-order chi connectivity index (χ1) is 14.5. The smallest absolute Gasteiger partial charge is 0.264 e. The van der Waals surface area contributed by atoms with Gasteiger partial charge in [0.1, 0.15) is 12.4 Å². The van der Waals surface area contributed by atoms with Crippen LogP contribution in [0.1, 0.15) is 22.3 Å². The molecule has 1 saturated heterocycles. The molecule has 4 nitrogen and oxygen atoms in total. The summed E-state index contributed by atoms with van der Waals surface area (Å²) < 4.78 is 5.86. The Bertz CT molecular complexity index is 1120. The van der Waals surface area contributed by atoms with Gasteiger partial charge in [-0.2, -0.15) is 0 Å². The van der Waals surface area contributed by atoms with Crippen LogP contribution in [-0.2, 0) is 11.4 Å². The summed E-state index contributed by atoms with van der Waals surface area (Å²) in [5, 5.41) is 3.41. The topological polar surface area (TPSA) is 50.7 Å². The molecule has 0 saturated carbocycles. The van der Waals surface area contributed by atoms with E-state index in [1.165, 1.54) is 22.9 Å². The lowest BCUT2D eigenvalue weighted by atomic mass is 10.1. The molecule has 0 unspecified atom stereocenters. The predicted octanol–water partition coefficient (Wildman–Crippen LogP) is 5.77. The number of aryl methyl sites for hydroxylation is 2. The number of amides is 1. The van der Waals surface area contributed by atoms with Crippen LogP contribution < -0.4 is 10.1 Å².